The molecule has 0 atom stereocenters. The van der Waals surface area contributed by atoms with Crippen molar-refractivity contribution in [2.24, 2.45) is 0 Å². The van der Waals surface area contributed by atoms with E-state index in [-0.39, 0.29) is 12.4 Å². The Bertz CT molecular complexity index is 575. The lowest BCUT2D eigenvalue weighted by Crippen LogP contribution is -1.97. The van der Waals surface area contributed by atoms with Gasteiger partial charge in [-0.05, 0) is 18.1 Å². The van der Waals surface area contributed by atoms with Crippen LogP contribution in [0.5, 0.6) is 0 Å². The Hall–Kier alpha value is -2.28. The molecule has 0 bridgehead atoms. The first-order valence-electron chi connectivity index (χ1n) is 4.80. The summed E-state index contributed by atoms with van der Waals surface area (Å²) in [5.74, 6) is 5.26. The number of H-pyrrole nitrogens is 1. The normalized spacial score (nSPS) is 9.56. The summed E-state index contributed by atoms with van der Waals surface area (Å²) in [4.78, 5) is 10.9. The summed E-state index contributed by atoms with van der Waals surface area (Å²) in [7, 11) is 1.34. The summed E-state index contributed by atoms with van der Waals surface area (Å²) in [6.07, 6.45) is 0.0871. The molecule has 0 fully saturated rings. The number of nitrogens with zero attached hydrogens (tertiary/aromatic N) is 1. The number of hydrogen-bond donors (Lipinski definition) is 1. The molecule has 1 heterocycles. The largest absolute Gasteiger partial charge is 0.468 e. The minimum absolute atomic E-state index is 0.0871. The Morgan fingerprint density at radius 3 is 3.12 bits per heavy atom. The first kappa shape index (κ1) is 10.2. The SMILES string of the molecule is COC(=O)CC#Cc1[nH]nc2ccccc12. The highest BCUT2D eigenvalue weighted by molar-refractivity contribution is 5.84. The number of nitrogens with one attached hydrogen (secondary N) is 1. The van der Waals surface area contributed by atoms with Crippen LogP contribution in [0.3, 0.4) is 0 Å². The Balaban J connectivity index is 2.24. The van der Waals surface area contributed by atoms with Gasteiger partial charge in [-0.2, -0.15) is 5.10 Å². The van der Waals surface area contributed by atoms with E-state index < -0.39 is 0 Å². The van der Waals surface area contributed by atoms with Crippen LogP contribution >= 0.6 is 0 Å². The van der Waals surface area contributed by atoms with E-state index in [1.165, 1.54) is 7.11 Å². The van der Waals surface area contributed by atoms with E-state index in [1.54, 1.807) is 0 Å². The third-order valence-corrected chi connectivity index (χ3v) is 2.14. The number of para-hydroxylation sites is 1. The fraction of sp³-hybridized carbons (Fsp3) is 0.167. The van der Waals surface area contributed by atoms with Gasteiger partial charge in [0.05, 0.1) is 12.6 Å². The van der Waals surface area contributed by atoms with E-state index in [2.05, 4.69) is 26.8 Å². The molecule has 2 rings (SSSR count). The van der Waals surface area contributed by atoms with E-state index in [9.17, 15) is 4.79 Å². The van der Waals surface area contributed by atoms with Crippen LogP contribution in [0.25, 0.3) is 10.9 Å². The van der Waals surface area contributed by atoms with Crippen LogP contribution in [0, 0.1) is 11.8 Å². The molecule has 0 aliphatic heterocycles. The zero-order valence-corrected chi connectivity index (χ0v) is 8.78. The minimum Gasteiger partial charge on any atom is -0.468 e. The van der Waals surface area contributed by atoms with Gasteiger partial charge in [-0.25, -0.2) is 0 Å². The predicted octanol–water partition coefficient (Wildman–Crippen LogP) is 1.48. The summed E-state index contributed by atoms with van der Waals surface area (Å²) >= 11 is 0. The molecule has 0 saturated heterocycles. The molecule has 16 heavy (non-hydrogen) atoms. The van der Waals surface area contributed by atoms with Gasteiger partial charge < -0.3 is 4.74 Å². The fourth-order valence-electron chi connectivity index (χ4n) is 1.33. The number of ether oxygens (including phenoxy) is 1. The summed E-state index contributed by atoms with van der Waals surface area (Å²) in [5.41, 5.74) is 1.59. The number of rotatable bonds is 1. The number of aromatic amines is 1. The van der Waals surface area contributed by atoms with Crippen molar-refractivity contribution < 1.29 is 9.53 Å². The molecule has 0 aliphatic carbocycles. The quantitative estimate of drug-likeness (QED) is 0.577. The van der Waals surface area contributed by atoms with Gasteiger partial charge in [0.1, 0.15) is 12.1 Å². The Labute approximate surface area is 92.6 Å². The molecule has 1 N–H and O–H groups in total. The van der Waals surface area contributed by atoms with E-state index in [0.29, 0.717) is 0 Å². The summed E-state index contributed by atoms with van der Waals surface area (Å²) < 4.78 is 4.49. The third-order valence-electron chi connectivity index (χ3n) is 2.14. The average Bonchev–Trinajstić information content (AvgIpc) is 2.73. The van der Waals surface area contributed by atoms with Gasteiger partial charge in [0, 0.05) is 5.39 Å². The van der Waals surface area contributed by atoms with Crippen molar-refractivity contribution in [1.29, 1.82) is 0 Å². The number of carbonyl (C=O) groups excluding carboxylic acids is 1. The Morgan fingerprint density at radius 1 is 1.50 bits per heavy atom. The van der Waals surface area contributed by atoms with Crippen molar-refractivity contribution in [1.82, 2.24) is 10.2 Å². The molecule has 4 nitrogen and oxygen atoms in total. The van der Waals surface area contributed by atoms with Crippen LogP contribution in [0.4, 0.5) is 0 Å². The molecule has 0 aliphatic rings. The number of fused-ring (bicyclic) bond motifs is 1. The van der Waals surface area contributed by atoms with Crippen molar-refractivity contribution in [2.75, 3.05) is 7.11 Å². The molecule has 0 spiro atoms. The third kappa shape index (κ3) is 2.04. The molecule has 0 amide bonds. The van der Waals surface area contributed by atoms with Crippen molar-refractivity contribution in [3.63, 3.8) is 0 Å². The molecule has 1 aromatic heterocycles. The molecule has 0 radical (unpaired) electrons. The maximum Gasteiger partial charge on any atom is 0.317 e. The van der Waals surface area contributed by atoms with Crippen molar-refractivity contribution >= 4 is 16.9 Å². The van der Waals surface area contributed by atoms with Crippen LogP contribution < -0.4 is 0 Å². The summed E-state index contributed by atoms with van der Waals surface area (Å²) in [5, 5.41) is 7.88. The minimum atomic E-state index is -0.337. The predicted molar refractivity (Wildman–Crippen MR) is 59.6 cm³/mol. The van der Waals surface area contributed by atoms with Gasteiger partial charge >= 0.3 is 5.97 Å². The second-order valence-corrected chi connectivity index (χ2v) is 3.17. The number of hydrogen-bond acceptors (Lipinski definition) is 3. The Morgan fingerprint density at radius 2 is 2.31 bits per heavy atom. The van der Waals surface area contributed by atoms with Gasteiger partial charge in [-0.3, -0.25) is 9.89 Å². The van der Waals surface area contributed by atoms with Crippen molar-refractivity contribution in [2.45, 2.75) is 6.42 Å². The van der Waals surface area contributed by atoms with Crippen LogP contribution in [0.1, 0.15) is 12.1 Å². The van der Waals surface area contributed by atoms with Gasteiger partial charge in [0.25, 0.3) is 0 Å². The lowest BCUT2D eigenvalue weighted by molar-refractivity contribution is -0.139. The smallest absolute Gasteiger partial charge is 0.317 e. The molecule has 0 unspecified atom stereocenters. The van der Waals surface area contributed by atoms with Gasteiger partial charge in [-0.15, -0.1) is 0 Å². The molecular weight excluding hydrogens is 204 g/mol. The summed E-state index contributed by atoms with van der Waals surface area (Å²) in [6.45, 7) is 0. The zero-order valence-electron chi connectivity index (χ0n) is 8.78. The highest BCUT2D eigenvalue weighted by Crippen LogP contribution is 2.13. The summed E-state index contributed by atoms with van der Waals surface area (Å²) in [6, 6.07) is 7.66. The highest BCUT2D eigenvalue weighted by atomic mass is 16.5. The highest BCUT2D eigenvalue weighted by Gasteiger charge is 2.00. The fourth-order valence-corrected chi connectivity index (χ4v) is 1.33. The lowest BCUT2D eigenvalue weighted by atomic mass is 10.2. The maximum absolute atomic E-state index is 10.9. The average molecular weight is 214 g/mol. The van der Waals surface area contributed by atoms with Gasteiger partial charge in [-0.1, -0.05) is 18.1 Å². The van der Waals surface area contributed by atoms with Crippen LogP contribution in [-0.2, 0) is 9.53 Å². The van der Waals surface area contributed by atoms with Gasteiger partial charge in [0.15, 0.2) is 0 Å². The number of esters is 1. The van der Waals surface area contributed by atoms with Crippen molar-refractivity contribution in [3.05, 3.63) is 30.0 Å². The zero-order chi connectivity index (χ0) is 11.4. The van der Waals surface area contributed by atoms with E-state index in [0.717, 1.165) is 16.6 Å². The first-order valence-corrected chi connectivity index (χ1v) is 4.80. The lowest BCUT2D eigenvalue weighted by Gasteiger charge is -1.89. The molecule has 2 aromatic rings. The number of carbonyl (C=O) groups is 1. The molecule has 0 saturated carbocycles. The maximum atomic E-state index is 10.9. The standard InChI is InChI=1S/C12H10N2O2/c1-16-12(15)8-4-7-11-9-5-2-3-6-10(9)13-14-11/h2-3,5-6H,8H2,1H3,(H,13,14). The van der Waals surface area contributed by atoms with E-state index in [4.69, 9.17) is 0 Å². The number of aromatic nitrogens is 2. The van der Waals surface area contributed by atoms with Gasteiger partial charge in [0.2, 0.25) is 0 Å². The second-order valence-electron chi connectivity index (χ2n) is 3.17. The molecule has 1 aromatic carbocycles. The van der Waals surface area contributed by atoms with Crippen LogP contribution in [0.2, 0.25) is 0 Å². The number of methoxy groups -OCH3 is 1. The Kier molecular flexibility index (Phi) is 2.88. The molecule has 4 heteroatoms. The van der Waals surface area contributed by atoms with Crippen LogP contribution in [0.15, 0.2) is 24.3 Å². The van der Waals surface area contributed by atoms with E-state index in [1.807, 2.05) is 24.3 Å². The molecular formula is C12H10N2O2. The van der Waals surface area contributed by atoms with Crippen molar-refractivity contribution in [3.8, 4) is 11.8 Å². The van der Waals surface area contributed by atoms with Crippen LogP contribution in [-0.4, -0.2) is 23.3 Å². The first-order chi connectivity index (χ1) is 7.81. The topological polar surface area (TPSA) is 55.0 Å². The van der Waals surface area contributed by atoms with E-state index >= 15 is 0 Å². The molecule has 80 valence electrons. The second kappa shape index (κ2) is 4.49. The number of benzene rings is 1. The monoisotopic (exact) mass is 214 g/mol.